The summed E-state index contributed by atoms with van der Waals surface area (Å²) in [5.41, 5.74) is 7.88. The van der Waals surface area contributed by atoms with Gasteiger partial charge in [0.2, 0.25) is 0 Å². The molecule has 0 aliphatic carbocycles. The van der Waals surface area contributed by atoms with Crippen molar-refractivity contribution in [2.75, 3.05) is 5.32 Å². The SMILES string of the molecule is CC(C)C(NC(=O)Nc1ccc(C(F)(F)F)cc1)c1nccn1CC(=O)O.NC(N)=O. The molecule has 1 atom stereocenters. The molecule has 13 heteroatoms. The largest absolute Gasteiger partial charge is 0.480 e. The van der Waals surface area contributed by atoms with Crippen LogP contribution in [0.15, 0.2) is 36.7 Å². The number of carboxylic acid groups (broad SMARTS) is 1. The number of aliphatic carboxylic acids is 1. The summed E-state index contributed by atoms with van der Waals surface area (Å²) in [6.45, 7) is 3.34. The molecule has 0 fully saturated rings. The first-order valence-electron chi connectivity index (χ1n) is 8.83. The smallest absolute Gasteiger partial charge is 0.416 e. The van der Waals surface area contributed by atoms with Crippen molar-refractivity contribution in [2.24, 2.45) is 17.4 Å². The summed E-state index contributed by atoms with van der Waals surface area (Å²) in [4.78, 5) is 36.3. The van der Waals surface area contributed by atoms with Gasteiger partial charge in [-0.25, -0.2) is 14.6 Å². The molecule has 1 aromatic carbocycles. The number of aromatic nitrogens is 2. The molecular weight excluding hydrogens is 421 g/mol. The maximum absolute atomic E-state index is 12.6. The van der Waals surface area contributed by atoms with Gasteiger partial charge in [0.25, 0.3) is 0 Å². The Morgan fingerprint density at radius 2 is 1.71 bits per heavy atom. The number of benzene rings is 1. The second-order valence-electron chi connectivity index (χ2n) is 6.60. The molecule has 31 heavy (non-hydrogen) atoms. The number of carbonyl (C=O) groups is 3. The van der Waals surface area contributed by atoms with Crippen LogP contribution >= 0.6 is 0 Å². The Morgan fingerprint density at radius 1 is 1.16 bits per heavy atom. The van der Waals surface area contributed by atoms with E-state index in [9.17, 15) is 22.8 Å². The minimum absolute atomic E-state index is 0.113. The van der Waals surface area contributed by atoms with Crippen molar-refractivity contribution in [3.8, 4) is 0 Å². The van der Waals surface area contributed by atoms with Crippen LogP contribution in [0.4, 0.5) is 28.4 Å². The number of carbonyl (C=O) groups excluding carboxylic acids is 2. The van der Waals surface area contributed by atoms with Gasteiger partial charge in [0.05, 0.1) is 11.6 Å². The first-order valence-corrected chi connectivity index (χ1v) is 8.83. The zero-order valence-electron chi connectivity index (χ0n) is 16.7. The average molecular weight is 444 g/mol. The molecule has 170 valence electrons. The van der Waals surface area contributed by atoms with Crippen LogP contribution < -0.4 is 22.1 Å². The normalized spacial score (nSPS) is 11.8. The van der Waals surface area contributed by atoms with Crippen molar-refractivity contribution in [3.05, 3.63) is 48.0 Å². The number of alkyl halides is 3. The third-order valence-electron chi connectivity index (χ3n) is 3.75. The minimum atomic E-state index is -4.45. The molecule has 7 N–H and O–H groups in total. The molecule has 2 aromatic rings. The molecule has 0 saturated heterocycles. The number of nitrogens with zero attached hydrogens (tertiary/aromatic N) is 2. The van der Waals surface area contributed by atoms with Gasteiger partial charge in [-0.15, -0.1) is 0 Å². The fraction of sp³-hybridized carbons (Fsp3) is 0.333. The maximum Gasteiger partial charge on any atom is 0.416 e. The fourth-order valence-corrected chi connectivity index (χ4v) is 2.46. The van der Waals surface area contributed by atoms with Crippen molar-refractivity contribution in [3.63, 3.8) is 0 Å². The lowest BCUT2D eigenvalue weighted by Crippen LogP contribution is -2.37. The van der Waals surface area contributed by atoms with Gasteiger partial charge in [-0.1, -0.05) is 13.8 Å². The van der Waals surface area contributed by atoms with E-state index in [1.54, 1.807) is 0 Å². The van der Waals surface area contributed by atoms with Gasteiger partial charge in [0, 0.05) is 18.1 Å². The quantitative estimate of drug-likeness (QED) is 0.461. The lowest BCUT2D eigenvalue weighted by Gasteiger charge is -2.23. The van der Waals surface area contributed by atoms with Crippen LogP contribution in [0.2, 0.25) is 0 Å². The van der Waals surface area contributed by atoms with Crippen LogP contribution in [0.3, 0.4) is 0 Å². The van der Waals surface area contributed by atoms with Gasteiger partial charge < -0.3 is 31.8 Å². The lowest BCUT2D eigenvalue weighted by atomic mass is 10.0. The number of anilines is 1. The van der Waals surface area contributed by atoms with Gasteiger partial charge in [0.15, 0.2) is 0 Å². The average Bonchev–Trinajstić information content (AvgIpc) is 3.05. The van der Waals surface area contributed by atoms with Crippen molar-refractivity contribution >= 4 is 23.7 Å². The minimum Gasteiger partial charge on any atom is -0.480 e. The Morgan fingerprint density at radius 3 is 2.16 bits per heavy atom. The van der Waals surface area contributed by atoms with E-state index >= 15 is 0 Å². The molecule has 2 rings (SSSR count). The molecule has 0 saturated carbocycles. The number of hydrogen-bond donors (Lipinski definition) is 5. The number of urea groups is 2. The summed E-state index contributed by atoms with van der Waals surface area (Å²) in [6, 6.07) is 1.98. The molecule has 0 bridgehead atoms. The molecule has 0 spiro atoms. The third kappa shape index (κ3) is 8.64. The van der Waals surface area contributed by atoms with E-state index in [2.05, 4.69) is 27.1 Å². The van der Waals surface area contributed by atoms with E-state index in [-0.39, 0.29) is 18.2 Å². The van der Waals surface area contributed by atoms with E-state index in [4.69, 9.17) is 9.90 Å². The number of carboxylic acids is 1. The van der Waals surface area contributed by atoms with Crippen LogP contribution in [0.25, 0.3) is 0 Å². The zero-order valence-corrected chi connectivity index (χ0v) is 16.7. The number of primary amides is 2. The zero-order chi connectivity index (χ0) is 23.8. The molecule has 4 amide bonds. The maximum atomic E-state index is 12.6. The van der Waals surface area contributed by atoms with E-state index in [0.717, 1.165) is 24.3 Å². The Balaban J connectivity index is 0.00000110. The Kier molecular flexibility index (Phi) is 8.84. The van der Waals surface area contributed by atoms with Gasteiger partial charge in [-0.3, -0.25) is 4.79 Å². The Labute approximate surface area is 175 Å². The summed E-state index contributed by atoms with van der Waals surface area (Å²) in [5.74, 6) is -0.792. The third-order valence-corrected chi connectivity index (χ3v) is 3.75. The number of imidazole rings is 1. The molecule has 0 aliphatic rings. The van der Waals surface area contributed by atoms with E-state index in [1.165, 1.54) is 17.0 Å². The Bertz CT molecular complexity index is 892. The predicted molar refractivity (Wildman–Crippen MR) is 105 cm³/mol. The van der Waals surface area contributed by atoms with Crippen molar-refractivity contribution in [2.45, 2.75) is 32.6 Å². The van der Waals surface area contributed by atoms with Crippen LogP contribution in [0, 0.1) is 5.92 Å². The first-order chi connectivity index (χ1) is 14.3. The number of nitrogens with two attached hydrogens (primary N) is 2. The van der Waals surface area contributed by atoms with Crippen molar-refractivity contribution < 1.29 is 32.7 Å². The van der Waals surface area contributed by atoms with Crippen molar-refractivity contribution in [1.82, 2.24) is 14.9 Å². The summed E-state index contributed by atoms with van der Waals surface area (Å²) < 4.78 is 39.1. The molecule has 0 radical (unpaired) electrons. The van der Waals surface area contributed by atoms with Crippen LogP contribution in [-0.2, 0) is 17.5 Å². The molecular formula is C18H23F3N6O4. The summed E-state index contributed by atoms with van der Waals surface area (Å²) in [5, 5.41) is 14.1. The summed E-state index contributed by atoms with van der Waals surface area (Å²) in [7, 11) is 0. The van der Waals surface area contributed by atoms with Gasteiger partial charge >= 0.3 is 24.2 Å². The van der Waals surface area contributed by atoms with Crippen LogP contribution in [0.5, 0.6) is 0 Å². The van der Waals surface area contributed by atoms with E-state index < -0.39 is 35.8 Å². The van der Waals surface area contributed by atoms with Crippen LogP contribution in [-0.4, -0.2) is 32.7 Å². The standard InChI is InChI=1S/C17H19F3N4O3.CH4N2O/c1-10(2)14(15-21-7-8-24(15)9-13(25)26)23-16(27)22-12-5-3-11(4-6-12)17(18,19)20;2-1(3)4/h3-8,10,14H,9H2,1-2H3,(H,25,26)(H2,22,23,27);(H4,2,3,4). The topological polar surface area (TPSA) is 165 Å². The predicted octanol–water partition coefficient (Wildman–Crippen LogP) is 2.53. The monoisotopic (exact) mass is 444 g/mol. The fourth-order valence-electron chi connectivity index (χ4n) is 2.46. The highest BCUT2D eigenvalue weighted by Crippen LogP contribution is 2.29. The van der Waals surface area contributed by atoms with Gasteiger partial charge in [-0.05, 0) is 30.2 Å². The lowest BCUT2D eigenvalue weighted by molar-refractivity contribution is -0.138. The number of amides is 4. The van der Waals surface area contributed by atoms with Crippen molar-refractivity contribution in [1.29, 1.82) is 0 Å². The number of hydrogen-bond acceptors (Lipinski definition) is 4. The number of halogens is 3. The second-order valence-corrected chi connectivity index (χ2v) is 6.60. The molecule has 1 aromatic heterocycles. The molecule has 1 unspecified atom stereocenters. The van der Waals surface area contributed by atoms with E-state index in [1.807, 2.05) is 13.8 Å². The van der Waals surface area contributed by atoms with Gasteiger partial charge in [-0.2, -0.15) is 13.2 Å². The van der Waals surface area contributed by atoms with Crippen LogP contribution in [0.1, 0.15) is 31.3 Å². The highest BCUT2D eigenvalue weighted by molar-refractivity contribution is 5.89. The van der Waals surface area contributed by atoms with Gasteiger partial charge in [0.1, 0.15) is 12.4 Å². The molecule has 1 heterocycles. The second kappa shape index (κ2) is 10.8. The highest BCUT2D eigenvalue weighted by atomic mass is 19.4. The highest BCUT2D eigenvalue weighted by Gasteiger charge is 2.30. The Hall–Kier alpha value is -3.77. The number of rotatable bonds is 6. The molecule has 0 aliphatic heterocycles. The molecule has 10 nitrogen and oxygen atoms in total. The van der Waals surface area contributed by atoms with E-state index in [0.29, 0.717) is 5.82 Å². The number of nitrogens with one attached hydrogen (secondary N) is 2. The first kappa shape index (κ1) is 25.3. The summed E-state index contributed by atoms with van der Waals surface area (Å²) >= 11 is 0. The summed E-state index contributed by atoms with van der Waals surface area (Å²) in [6.07, 6.45) is -1.53.